The van der Waals surface area contributed by atoms with E-state index < -0.39 is 23.2 Å². The highest BCUT2D eigenvalue weighted by Crippen LogP contribution is 2.28. The summed E-state index contributed by atoms with van der Waals surface area (Å²) in [7, 11) is -4.96. The van der Waals surface area contributed by atoms with Crippen molar-refractivity contribution < 1.29 is 8.42 Å². The van der Waals surface area contributed by atoms with Gasteiger partial charge in [-0.25, -0.2) is 8.42 Å². The normalized spacial score (nSPS) is 14.1. The van der Waals surface area contributed by atoms with Crippen molar-refractivity contribution >= 4 is 29.5 Å². The molecule has 112 valence electrons. The average molecular weight is 331 g/mol. The highest BCUT2D eigenvalue weighted by Gasteiger charge is 2.33. The maximum absolute atomic E-state index is 12.8. The third-order valence-electron chi connectivity index (χ3n) is 3.15. The summed E-state index contributed by atoms with van der Waals surface area (Å²) in [4.78, 5) is 0.359. The van der Waals surface area contributed by atoms with Gasteiger partial charge in [0.25, 0.3) is 0 Å². The second kappa shape index (κ2) is 6.46. The van der Waals surface area contributed by atoms with Gasteiger partial charge in [-0.2, -0.15) is 0 Å². The minimum Gasteiger partial charge on any atom is -0.223 e. The number of hydrogen-bond donors (Lipinski definition) is 0. The number of sulfone groups is 1. The van der Waals surface area contributed by atoms with Gasteiger partial charge in [-0.3, -0.25) is 0 Å². The Labute approximate surface area is 128 Å². The van der Waals surface area contributed by atoms with Crippen molar-refractivity contribution in [2.75, 3.05) is 5.88 Å². The summed E-state index contributed by atoms with van der Waals surface area (Å²) in [6, 6.07) is 7.63. The van der Waals surface area contributed by atoms with Gasteiger partial charge in [0.2, 0.25) is 0 Å². The van der Waals surface area contributed by atoms with Crippen LogP contribution in [-0.2, 0) is 9.84 Å². The molecule has 0 spiro atoms. The Bertz CT molecular complexity index is 571. The van der Waals surface area contributed by atoms with Crippen LogP contribution in [0.25, 0.3) is 0 Å². The van der Waals surface area contributed by atoms with Crippen molar-refractivity contribution in [3.05, 3.63) is 42.0 Å². The van der Waals surface area contributed by atoms with E-state index in [1.165, 1.54) is 0 Å². The van der Waals surface area contributed by atoms with Crippen molar-refractivity contribution in [1.82, 2.24) is 0 Å². The predicted molar refractivity (Wildman–Crippen MR) is 90.2 cm³/mol. The minimum absolute atomic E-state index is 0.181. The Balaban J connectivity index is 3.24. The van der Waals surface area contributed by atoms with Crippen molar-refractivity contribution in [1.29, 1.82) is 0 Å². The quantitative estimate of drug-likeness (QED) is 0.443. The van der Waals surface area contributed by atoms with E-state index in [1.54, 1.807) is 12.1 Å². The van der Waals surface area contributed by atoms with Gasteiger partial charge in [0.15, 0.2) is 9.84 Å². The van der Waals surface area contributed by atoms with Crippen LogP contribution in [0.3, 0.4) is 0 Å². The molecular formula is C15H23ClO2SSi. The molecular weight excluding hydrogens is 308 g/mol. The molecule has 1 rings (SSSR count). The molecule has 1 atom stereocenters. The first-order valence-electron chi connectivity index (χ1n) is 6.62. The van der Waals surface area contributed by atoms with Gasteiger partial charge in [0.1, 0.15) is 0 Å². The summed E-state index contributed by atoms with van der Waals surface area (Å²) in [5.41, 5.74) is 1.64. The Morgan fingerprint density at radius 1 is 1.25 bits per heavy atom. The Kier molecular flexibility index (Phi) is 5.64. The Hall–Kier alpha value is -0.583. The highest BCUT2D eigenvalue weighted by atomic mass is 35.5. The molecule has 0 radical (unpaired) electrons. The molecule has 0 bridgehead atoms. The van der Waals surface area contributed by atoms with Gasteiger partial charge in [-0.1, -0.05) is 43.9 Å². The zero-order valence-electron chi connectivity index (χ0n) is 12.6. The lowest BCUT2D eigenvalue weighted by atomic mass is 10.2. The van der Waals surface area contributed by atoms with Gasteiger partial charge in [0.05, 0.1) is 10.1 Å². The fourth-order valence-corrected chi connectivity index (χ4v) is 7.43. The number of rotatable bonds is 6. The van der Waals surface area contributed by atoms with E-state index >= 15 is 0 Å². The summed E-state index contributed by atoms with van der Waals surface area (Å²) in [6.45, 7) is 12.3. The molecule has 20 heavy (non-hydrogen) atoms. The molecule has 0 saturated carbocycles. The summed E-state index contributed by atoms with van der Waals surface area (Å²) < 4.78 is 25.6. The largest absolute Gasteiger partial charge is 0.223 e. The first-order valence-corrected chi connectivity index (χ1v) is 12.4. The fourth-order valence-electron chi connectivity index (χ4n) is 2.01. The highest BCUT2D eigenvalue weighted by molar-refractivity contribution is 7.92. The van der Waals surface area contributed by atoms with Crippen molar-refractivity contribution in [3.63, 3.8) is 0 Å². The van der Waals surface area contributed by atoms with E-state index in [4.69, 9.17) is 11.6 Å². The van der Waals surface area contributed by atoms with Crippen LogP contribution in [0.15, 0.2) is 41.3 Å². The Morgan fingerprint density at radius 3 is 2.15 bits per heavy atom. The molecule has 0 N–H and O–H groups in total. The smallest absolute Gasteiger partial charge is 0.184 e. The molecule has 0 heterocycles. The van der Waals surface area contributed by atoms with Gasteiger partial charge in [0, 0.05) is 14.0 Å². The molecule has 1 unspecified atom stereocenters. The first-order chi connectivity index (χ1) is 9.08. The molecule has 0 aliphatic heterocycles. The molecule has 2 nitrogen and oxygen atoms in total. The van der Waals surface area contributed by atoms with E-state index in [9.17, 15) is 8.42 Å². The third kappa shape index (κ3) is 4.47. The lowest BCUT2D eigenvalue weighted by Gasteiger charge is -2.25. The molecule has 1 aromatic rings. The number of benzene rings is 1. The van der Waals surface area contributed by atoms with E-state index in [0.29, 0.717) is 16.5 Å². The zero-order chi connectivity index (χ0) is 15.6. The van der Waals surface area contributed by atoms with Crippen molar-refractivity contribution in [2.45, 2.75) is 42.8 Å². The summed E-state index contributed by atoms with van der Waals surface area (Å²) in [5, 5.41) is -0.575. The maximum atomic E-state index is 12.8. The standard InChI is InChI=1S/C15H23ClO2SSi/c1-12-6-8-14(9-7-12)19(17,18)15(13(2)10-16)11-20(3,4)5/h6-9,15H,2,10-11H2,1,3-5H3. The van der Waals surface area contributed by atoms with Crippen LogP contribution in [0, 0.1) is 6.92 Å². The molecule has 0 fully saturated rings. The summed E-state index contributed by atoms with van der Waals surface area (Å²) in [6.07, 6.45) is 0. The second-order valence-electron chi connectivity index (χ2n) is 6.40. The number of halogens is 1. The predicted octanol–water partition coefficient (Wildman–Crippen LogP) is 4.27. The van der Waals surface area contributed by atoms with Crippen LogP contribution in [-0.4, -0.2) is 27.6 Å². The number of alkyl halides is 1. The molecule has 0 saturated heterocycles. The van der Waals surface area contributed by atoms with E-state index in [1.807, 2.05) is 19.1 Å². The lowest BCUT2D eigenvalue weighted by Crippen LogP contribution is -2.33. The van der Waals surface area contributed by atoms with Crippen LogP contribution in [0.1, 0.15) is 5.56 Å². The van der Waals surface area contributed by atoms with E-state index in [2.05, 4.69) is 26.2 Å². The van der Waals surface area contributed by atoms with Crippen molar-refractivity contribution in [3.8, 4) is 0 Å². The van der Waals surface area contributed by atoms with Gasteiger partial charge < -0.3 is 0 Å². The lowest BCUT2D eigenvalue weighted by molar-refractivity contribution is 0.589. The molecule has 0 amide bonds. The van der Waals surface area contributed by atoms with Crippen LogP contribution >= 0.6 is 11.6 Å². The van der Waals surface area contributed by atoms with Gasteiger partial charge in [-0.15, -0.1) is 11.6 Å². The maximum Gasteiger partial charge on any atom is 0.184 e. The molecule has 0 aliphatic rings. The topological polar surface area (TPSA) is 34.1 Å². The number of aryl methyl sites for hydroxylation is 1. The van der Waals surface area contributed by atoms with Crippen LogP contribution in [0.4, 0.5) is 0 Å². The van der Waals surface area contributed by atoms with E-state index in [0.717, 1.165) is 5.56 Å². The average Bonchev–Trinajstić information content (AvgIpc) is 2.34. The second-order valence-corrected chi connectivity index (χ2v) is 14.3. The molecule has 5 heteroatoms. The third-order valence-corrected chi connectivity index (χ3v) is 7.60. The molecule has 0 aromatic heterocycles. The fraction of sp³-hybridized carbons (Fsp3) is 0.467. The van der Waals surface area contributed by atoms with E-state index in [-0.39, 0.29) is 5.88 Å². The Morgan fingerprint density at radius 2 is 1.75 bits per heavy atom. The first kappa shape index (κ1) is 17.5. The SMILES string of the molecule is C=C(CCl)C(C[Si](C)(C)C)S(=O)(=O)c1ccc(C)cc1. The van der Waals surface area contributed by atoms with Crippen LogP contribution in [0.5, 0.6) is 0 Å². The molecule has 1 aromatic carbocycles. The molecule has 0 aliphatic carbocycles. The summed E-state index contributed by atoms with van der Waals surface area (Å²) >= 11 is 5.85. The monoisotopic (exact) mass is 330 g/mol. The van der Waals surface area contributed by atoms with Crippen molar-refractivity contribution in [2.24, 2.45) is 0 Å². The zero-order valence-corrected chi connectivity index (χ0v) is 15.2. The van der Waals surface area contributed by atoms with Crippen LogP contribution < -0.4 is 0 Å². The minimum atomic E-state index is -3.41. The van der Waals surface area contributed by atoms with Gasteiger partial charge in [-0.05, 0) is 30.7 Å². The van der Waals surface area contributed by atoms with Crippen LogP contribution in [0.2, 0.25) is 25.7 Å². The summed E-state index contributed by atoms with van der Waals surface area (Å²) in [5.74, 6) is 0.181. The van der Waals surface area contributed by atoms with Gasteiger partial charge >= 0.3 is 0 Å². The number of hydrogen-bond acceptors (Lipinski definition) is 2.